The second-order valence-electron chi connectivity index (χ2n) is 3.90. The van der Waals surface area contributed by atoms with Crippen molar-refractivity contribution in [1.82, 2.24) is 5.32 Å². The molecule has 0 spiro atoms. The number of hydrogen-bond acceptors (Lipinski definition) is 4. The normalized spacial score (nSPS) is 25.5. The van der Waals surface area contributed by atoms with Gasteiger partial charge in [0, 0.05) is 18.3 Å². The van der Waals surface area contributed by atoms with Crippen LogP contribution in [0, 0.1) is 0 Å². The summed E-state index contributed by atoms with van der Waals surface area (Å²) in [5.74, 6) is -3.77. The third kappa shape index (κ3) is 3.59. The summed E-state index contributed by atoms with van der Waals surface area (Å²) in [6.45, 7) is 2.34. The molecule has 2 unspecified atom stereocenters. The molecule has 0 amide bonds. The third-order valence-corrected chi connectivity index (χ3v) is 3.29. The Morgan fingerprint density at radius 3 is 2.81 bits per heavy atom. The molecule has 1 aliphatic rings. The smallest absolute Gasteiger partial charge is 0.377 e. The zero-order valence-corrected chi connectivity index (χ0v) is 10.3. The first-order valence-corrected chi connectivity index (χ1v) is 6.70. The highest BCUT2D eigenvalue weighted by atomic mass is 32.2. The van der Waals surface area contributed by atoms with Gasteiger partial charge in [-0.1, -0.05) is 6.92 Å². The SMILES string of the molecule is CCC(CSC)NCC1CC(F)(F)C(=O)O1. The highest BCUT2D eigenvalue weighted by Crippen LogP contribution is 2.30. The number of halogens is 2. The van der Waals surface area contributed by atoms with Crippen LogP contribution in [-0.2, 0) is 9.53 Å². The molecule has 6 heteroatoms. The van der Waals surface area contributed by atoms with E-state index in [0.29, 0.717) is 6.54 Å². The quantitative estimate of drug-likeness (QED) is 0.731. The van der Waals surface area contributed by atoms with Crippen LogP contribution in [0.15, 0.2) is 0 Å². The van der Waals surface area contributed by atoms with Crippen molar-refractivity contribution in [3.63, 3.8) is 0 Å². The first-order chi connectivity index (χ1) is 7.49. The molecule has 0 radical (unpaired) electrons. The predicted octanol–water partition coefficient (Wildman–Crippen LogP) is 1.67. The minimum absolute atomic E-state index is 0.280. The molecule has 1 N–H and O–H groups in total. The first kappa shape index (κ1) is 13.7. The monoisotopic (exact) mass is 253 g/mol. The van der Waals surface area contributed by atoms with Gasteiger partial charge in [-0.15, -0.1) is 0 Å². The van der Waals surface area contributed by atoms with Crippen molar-refractivity contribution in [3.8, 4) is 0 Å². The molecule has 0 saturated carbocycles. The molecule has 3 nitrogen and oxygen atoms in total. The number of carbonyl (C=O) groups is 1. The maximum Gasteiger partial charge on any atom is 0.377 e. The summed E-state index contributed by atoms with van der Waals surface area (Å²) < 4.78 is 30.3. The summed E-state index contributed by atoms with van der Waals surface area (Å²) in [4.78, 5) is 10.7. The van der Waals surface area contributed by atoms with E-state index in [2.05, 4.69) is 10.1 Å². The zero-order chi connectivity index (χ0) is 12.2. The molecule has 1 heterocycles. The van der Waals surface area contributed by atoms with Crippen LogP contribution in [0.2, 0.25) is 0 Å². The average Bonchev–Trinajstić information content (AvgIpc) is 2.47. The average molecular weight is 253 g/mol. The fourth-order valence-corrected chi connectivity index (χ4v) is 2.34. The number of carbonyl (C=O) groups excluding carboxylic acids is 1. The van der Waals surface area contributed by atoms with E-state index in [4.69, 9.17) is 0 Å². The van der Waals surface area contributed by atoms with E-state index in [-0.39, 0.29) is 6.04 Å². The minimum Gasteiger partial charge on any atom is -0.456 e. The maximum absolute atomic E-state index is 12.8. The number of alkyl halides is 2. The van der Waals surface area contributed by atoms with Gasteiger partial charge < -0.3 is 10.1 Å². The van der Waals surface area contributed by atoms with Gasteiger partial charge in [-0.05, 0) is 12.7 Å². The molecule has 1 aliphatic heterocycles. The van der Waals surface area contributed by atoms with Crippen molar-refractivity contribution in [3.05, 3.63) is 0 Å². The predicted molar refractivity (Wildman–Crippen MR) is 59.9 cm³/mol. The van der Waals surface area contributed by atoms with Gasteiger partial charge in [-0.3, -0.25) is 0 Å². The second kappa shape index (κ2) is 5.82. The lowest BCUT2D eigenvalue weighted by Crippen LogP contribution is -2.36. The van der Waals surface area contributed by atoms with Crippen molar-refractivity contribution in [2.24, 2.45) is 0 Å². The zero-order valence-electron chi connectivity index (χ0n) is 9.46. The van der Waals surface area contributed by atoms with E-state index in [0.717, 1.165) is 12.2 Å². The Balaban J connectivity index is 2.31. The lowest BCUT2D eigenvalue weighted by atomic mass is 10.2. The third-order valence-electron chi connectivity index (χ3n) is 2.55. The Kier molecular flexibility index (Phi) is 4.98. The van der Waals surface area contributed by atoms with Crippen molar-refractivity contribution < 1.29 is 18.3 Å². The number of cyclic esters (lactones) is 1. The number of hydrogen-bond donors (Lipinski definition) is 1. The Labute approximate surface area is 98.3 Å². The van der Waals surface area contributed by atoms with E-state index < -0.39 is 24.4 Å². The Morgan fingerprint density at radius 1 is 1.69 bits per heavy atom. The topological polar surface area (TPSA) is 38.3 Å². The molecule has 2 atom stereocenters. The number of nitrogens with one attached hydrogen (secondary N) is 1. The van der Waals surface area contributed by atoms with Crippen molar-refractivity contribution in [2.75, 3.05) is 18.6 Å². The van der Waals surface area contributed by atoms with Gasteiger partial charge in [-0.2, -0.15) is 20.5 Å². The largest absolute Gasteiger partial charge is 0.456 e. The van der Waals surface area contributed by atoms with Gasteiger partial charge in [0.05, 0.1) is 6.42 Å². The summed E-state index contributed by atoms with van der Waals surface area (Å²) >= 11 is 1.70. The van der Waals surface area contributed by atoms with E-state index in [1.807, 2.05) is 13.2 Å². The van der Waals surface area contributed by atoms with E-state index in [9.17, 15) is 13.6 Å². The van der Waals surface area contributed by atoms with Gasteiger partial charge >= 0.3 is 11.9 Å². The molecule has 0 aliphatic carbocycles. The fraction of sp³-hybridized carbons (Fsp3) is 0.900. The molecule has 94 valence electrons. The number of rotatable bonds is 6. The molecule has 1 rings (SSSR count). The Bertz CT molecular complexity index is 251. The molecule has 0 bridgehead atoms. The van der Waals surface area contributed by atoms with Gasteiger partial charge in [0.15, 0.2) is 0 Å². The number of thioether (sulfide) groups is 1. The van der Waals surface area contributed by atoms with E-state index in [1.54, 1.807) is 11.8 Å². The molecule has 0 aromatic rings. The number of ether oxygens (including phenoxy) is 1. The van der Waals surface area contributed by atoms with Gasteiger partial charge in [0.2, 0.25) is 0 Å². The summed E-state index contributed by atoms with van der Waals surface area (Å²) in [5, 5.41) is 3.14. The minimum atomic E-state index is -3.30. The molecule has 1 saturated heterocycles. The van der Waals surface area contributed by atoms with E-state index >= 15 is 0 Å². The van der Waals surface area contributed by atoms with Crippen LogP contribution < -0.4 is 5.32 Å². The molecule has 16 heavy (non-hydrogen) atoms. The summed E-state index contributed by atoms with van der Waals surface area (Å²) in [6, 6.07) is 0.280. The second-order valence-corrected chi connectivity index (χ2v) is 4.82. The lowest BCUT2D eigenvalue weighted by molar-refractivity contribution is -0.159. The van der Waals surface area contributed by atoms with Crippen molar-refractivity contribution in [2.45, 2.75) is 37.8 Å². The lowest BCUT2D eigenvalue weighted by Gasteiger charge is -2.17. The summed E-state index contributed by atoms with van der Waals surface area (Å²) in [5.41, 5.74) is 0. The highest BCUT2D eigenvalue weighted by Gasteiger charge is 2.50. The van der Waals surface area contributed by atoms with Crippen LogP contribution in [0.25, 0.3) is 0 Å². The van der Waals surface area contributed by atoms with Crippen molar-refractivity contribution in [1.29, 1.82) is 0 Å². The Hall–Kier alpha value is -0.360. The summed E-state index contributed by atoms with van der Waals surface area (Å²) in [7, 11) is 0. The van der Waals surface area contributed by atoms with Crippen LogP contribution in [0.3, 0.4) is 0 Å². The van der Waals surface area contributed by atoms with Crippen LogP contribution in [0.4, 0.5) is 8.78 Å². The van der Waals surface area contributed by atoms with Crippen LogP contribution in [0.5, 0.6) is 0 Å². The van der Waals surface area contributed by atoms with Gasteiger partial charge in [0.1, 0.15) is 6.10 Å². The Morgan fingerprint density at radius 2 is 2.38 bits per heavy atom. The van der Waals surface area contributed by atoms with Gasteiger partial charge in [-0.25, -0.2) is 4.79 Å². The molecule has 1 fully saturated rings. The molecule has 0 aromatic heterocycles. The van der Waals surface area contributed by atoms with Crippen LogP contribution >= 0.6 is 11.8 Å². The molecule has 0 aromatic carbocycles. The van der Waals surface area contributed by atoms with Crippen molar-refractivity contribution >= 4 is 17.7 Å². The fourth-order valence-electron chi connectivity index (χ4n) is 1.58. The maximum atomic E-state index is 12.8. The number of esters is 1. The highest BCUT2D eigenvalue weighted by molar-refractivity contribution is 7.98. The van der Waals surface area contributed by atoms with Crippen LogP contribution in [0.1, 0.15) is 19.8 Å². The summed E-state index contributed by atoms with van der Waals surface area (Å²) in [6.07, 6.45) is 1.72. The standard InChI is InChI=1S/C10H17F2NO2S/c1-3-7(6-16-2)13-5-8-4-10(11,12)9(14)15-8/h7-8,13H,3-6H2,1-2H3. The van der Waals surface area contributed by atoms with E-state index in [1.165, 1.54) is 0 Å². The first-order valence-electron chi connectivity index (χ1n) is 5.30. The molecular formula is C10H17F2NO2S. The van der Waals surface area contributed by atoms with Gasteiger partial charge in [0.25, 0.3) is 0 Å². The molecular weight excluding hydrogens is 236 g/mol. The van der Waals surface area contributed by atoms with Crippen LogP contribution in [-0.4, -0.2) is 42.6 Å².